The van der Waals surface area contributed by atoms with Gasteiger partial charge in [-0.25, -0.2) is 0 Å². The molecule has 2 aliphatic heterocycles. The summed E-state index contributed by atoms with van der Waals surface area (Å²) in [5, 5.41) is 14.2. The summed E-state index contributed by atoms with van der Waals surface area (Å²) in [6.07, 6.45) is 7.04. The molecule has 39 heavy (non-hydrogen) atoms. The number of piperidine rings is 1. The first kappa shape index (κ1) is 25.6. The predicted molar refractivity (Wildman–Crippen MR) is 160 cm³/mol. The lowest BCUT2D eigenvalue weighted by Crippen LogP contribution is -2.43. The Morgan fingerprint density at radius 2 is 1.64 bits per heavy atom. The summed E-state index contributed by atoms with van der Waals surface area (Å²) >= 11 is 0. The number of rotatable bonds is 6. The molecule has 2 saturated heterocycles. The maximum Gasteiger partial charge on any atom is 0.103 e. The molecule has 5 nitrogen and oxygen atoms in total. The number of nitrogens with zero attached hydrogens (tertiary/aromatic N) is 4. The van der Waals surface area contributed by atoms with Crippen molar-refractivity contribution in [2.45, 2.75) is 52.1 Å². The quantitative estimate of drug-likeness (QED) is 0.294. The molecule has 1 aromatic heterocycles. The highest BCUT2D eigenvalue weighted by Crippen LogP contribution is 2.33. The van der Waals surface area contributed by atoms with Crippen LogP contribution in [0.1, 0.15) is 47.9 Å². The maximum absolute atomic E-state index is 9.77. The van der Waals surface area contributed by atoms with E-state index in [-0.39, 0.29) is 0 Å². The largest absolute Gasteiger partial charge is 0.354 e. The van der Waals surface area contributed by atoms with Crippen LogP contribution in [-0.2, 0) is 6.54 Å². The van der Waals surface area contributed by atoms with Gasteiger partial charge in [-0.3, -0.25) is 9.88 Å². The molecule has 0 atom stereocenters. The summed E-state index contributed by atoms with van der Waals surface area (Å²) in [5.41, 5.74) is 9.30. The number of hydrogen-bond donors (Lipinski definition) is 1. The average molecular weight is 516 g/mol. The van der Waals surface area contributed by atoms with E-state index in [4.69, 9.17) is 0 Å². The summed E-state index contributed by atoms with van der Waals surface area (Å²) in [5.74, 6) is 0. The molecule has 2 fully saturated rings. The molecule has 3 aromatic carbocycles. The second kappa shape index (κ2) is 11.2. The smallest absolute Gasteiger partial charge is 0.103 e. The van der Waals surface area contributed by atoms with E-state index >= 15 is 0 Å². The standard InChI is InChI=1S/C34H37N5/c1-24-5-12-32(25(2)19-24)37-34-29(21-35)22-36-33-20-28(10-11-31(33)34)27-8-6-26(7-9-27)23-38-17-13-30(14-18-38)39-15-3-4-16-39/h5-12,19-20,22,30H,3-4,13-18,23H2,1-2H3,(H,36,37). The van der Waals surface area contributed by atoms with E-state index in [9.17, 15) is 5.26 Å². The molecule has 0 saturated carbocycles. The van der Waals surface area contributed by atoms with E-state index in [1.54, 1.807) is 6.20 Å². The van der Waals surface area contributed by atoms with Crippen molar-refractivity contribution in [1.82, 2.24) is 14.8 Å². The van der Waals surface area contributed by atoms with Crippen LogP contribution in [0.2, 0.25) is 0 Å². The van der Waals surface area contributed by atoms with Gasteiger partial charge in [-0.15, -0.1) is 0 Å². The van der Waals surface area contributed by atoms with Crippen molar-refractivity contribution in [2.24, 2.45) is 0 Å². The highest BCUT2D eigenvalue weighted by atomic mass is 15.2. The zero-order chi connectivity index (χ0) is 26.8. The van der Waals surface area contributed by atoms with E-state index in [0.29, 0.717) is 5.56 Å². The maximum atomic E-state index is 9.77. The fraction of sp³-hybridized carbons (Fsp3) is 0.353. The summed E-state index contributed by atoms with van der Waals surface area (Å²) in [6.45, 7) is 10.2. The third-order valence-electron chi connectivity index (χ3n) is 8.54. The number of fused-ring (bicyclic) bond motifs is 1. The van der Waals surface area contributed by atoms with Gasteiger partial charge in [0.1, 0.15) is 6.07 Å². The van der Waals surface area contributed by atoms with Crippen LogP contribution in [0.4, 0.5) is 11.4 Å². The number of pyridine rings is 1. The number of benzene rings is 3. The summed E-state index contributed by atoms with van der Waals surface area (Å²) < 4.78 is 0. The van der Waals surface area contributed by atoms with Gasteiger partial charge in [0, 0.05) is 29.9 Å². The van der Waals surface area contributed by atoms with E-state index in [1.165, 1.54) is 68.6 Å². The van der Waals surface area contributed by atoms with Crippen molar-refractivity contribution < 1.29 is 0 Å². The SMILES string of the molecule is Cc1ccc(Nc2c(C#N)cnc3cc(-c4ccc(CN5CCC(N6CCCC6)CC5)cc4)ccc23)c(C)c1. The Morgan fingerprint density at radius 3 is 2.36 bits per heavy atom. The second-order valence-electron chi connectivity index (χ2n) is 11.3. The van der Waals surface area contributed by atoms with Crippen molar-refractivity contribution in [1.29, 1.82) is 5.26 Å². The molecule has 2 aliphatic rings. The molecule has 0 radical (unpaired) electrons. The van der Waals surface area contributed by atoms with Gasteiger partial charge in [0.05, 0.1) is 16.8 Å². The van der Waals surface area contributed by atoms with Gasteiger partial charge in [0.2, 0.25) is 0 Å². The molecule has 0 bridgehead atoms. The van der Waals surface area contributed by atoms with E-state index in [0.717, 1.165) is 46.0 Å². The summed E-state index contributed by atoms with van der Waals surface area (Å²) in [7, 11) is 0. The first-order valence-electron chi connectivity index (χ1n) is 14.3. The number of anilines is 2. The van der Waals surface area contributed by atoms with Crippen molar-refractivity contribution in [3.05, 3.63) is 89.1 Å². The van der Waals surface area contributed by atoms with Gasteiger partial charge in [0.25, 0.3) is 0 Å². The Labute approximate surface area is 232 Å². The Hall–Kier alpha value is -3.72. The van der Waals surface area contributed by atoms with Gasteiger partial charge in [0.15, 0.2) is 0 Å². The molecule has 4 aromatic rings. The third-order valence-corrected chi connectivity index (χ3v) is 8.54. The molecule has 198 valence electrons. The summed E-state index contributed by atoms with van der Waals surface area (Å²) in [6, 6.07) is 24.8. The predicted octanol–water partition coefficient (Wildman–Crippen LogP) is 7.19. The minimum Gasteiger partial charge on any atom is -0.354 e. The van der Waals surface area contributed by atoms with Gasteiger partial charge < -0.3 is 10.2 Å². The first-order chi connectivity index (χ1) is 19.1. The Balaban J connectivity index is 1.17. The van der Waals surface area contributed by atoms with E-state index in [2.05, 4.69) is 101 Å². The number of nitrogens with one attached hydrogen (secondary N) is 1. The van der Waals surface area contributed by atoms with Gasteiger partial charge in [-0.1, -0.05) is 54.1 Å². The number of likely N-dealkylation sites (tertiary alicyclic amines) is 2. The molecule has 5 heteroatoms. The van der Waals surface area contributed by atoms with Gasteiger partial charge >= 0.3 is 0 Å². The van der Waals surface area contributed by atoms with Crippen LogP contribution in [0.3, 0.4) is 0 Å². The van der Waals surface area contributed by atoms with E-state index in [1.807, 2.05) is 0 Å². The fourth-order valence-electron chi connectivity index (χ4n) is 6.29. The molecular formula is C34H37N5. The second-order valence-corrected chi connectivity index (χ2v) is 11.3. The average Bonchev–Trinajstić information content (AvgIpc) is 3.50. The van der Waals surface area contributed by atoms with Crippen LogP contribution in [0.25, 0.3) is 22.0 Å². The van der Waals surface area contributed by atoms with Gasteiger partial charge in [-0.2, -0.15) is 5.26 Å². The number of nitriles is 1. The Morgan fingerprint density at radius 1 is 0.897 bits per heavy atom. The lowest BCUT2D eigenvalue weighted by molar-refractivity contribution is 0.122. The molecule has 0 aliphatic carbocycles. The monoisotopic (exact) mass is 515 g/mol. The normalized spacial score (nSPS) is 16.9. The number of aryl methyl sites for hydroxylation is 2. The van der Waals surface area contributed by atoms with Crippen LogP contribution >= 0.6 is 0 Å². The van der Waals surface area contributed by atoms with E-state index < -0.39 is 0 Å². The number of hydrogen-bond acceptors (Lipinski definition) is 5. The lowest BCUT2D eigenvalue weighted by atomic mass is 9.99. The molecule has 0 unspecified atom stereocenters. The van der Waals surface area contributed by atoms with Crippen LogP contribution in [0.5, 0.6) is 0 Å². The molecule has 0 spiro atoms. The third kappa shape index (κ3) is 5.54. The summed E-state index contributed by atoms with van der Waals surface area (Å²) in [4.78, 5) is 9.96. The van der Waals surface area contributed by atoms with Crippen LogP contribution in [0.15, 0.2) is 66.9 Å². The first-order valence-corrected chi connectivity index (χ1v) is 14.3. The van der Waals surface area contributed by atoms with Crippen LogP contribution in [0, 0.1) is 25.2 Å². The van der Waals surface area contributed by atoms with Gasteiger partial charge in [-0.05, 0) is 100 Å². The molecule has 0 amide bonds. The van der Waals surface area contributed by atoms with Crippen molar-refractivity contribution in [2.75, 3.05) is 31.5 Å². The molecular weight excluding hydrogens is 478 g/mol. The van der Waals surface area contributed by atoms with Crippen molar-refractivity contribution >= 4 is 22.3 Å². The Bertz CT molecular complexity index is 1500. The zero-order valence-corrected chi connectivity index (χ0v) is 23.1. The topological polar surface area (TPSA) is 55.2 Å². The molecule has 6 rings (SSSR count). The lowest BCUT2D eigenvalue weighted by Gasteiger charge is -2.36. The van der Waals surface area contributed by atoms with Crippen molar-refractivity contribution in [3.8, 4) is 17.2 Å². The minimum absolute atomic E-state index is 0.545. The fourth-order valence-corrected chi connectivity index (χ4v) is 6.29. The van der Waals surface area contributed by atoms with Crippen molar-refractivity contribution in [3.63, 3.8) is 0 Å². The molecule has 1 N–H and O–H groups in total. The molecule has 3 heterocycles. The van der Waals surface area contributed by atoms with Crippen LogP contribution in [-0.4, -0.2) is 47.0 Å². The Kier molecular flexibility index (Phi) is 7.32. The van der Waals surface area contributed by atoms with Crippen LogP contribution < -0.4 is 5.32 Å². The highest BCUT2D eigenvalue weighted by Gasteiger charge is 2.26. The number of aromatic nitrogens is 1. The minimum atomic E-state index is 0.545. The zero-order valence-electron chi connectivity index (χ0n) is 23.1. The highest BCUT2D eigenvalue weighted by molar-refractivity contribution is 5.97.